The third kappa shape index (κ3) is 6.00. The Labute approximate surface area is 204 Å². The molecule has 1 fully saturated rings. The van der Waals surface area contributed by atoms with Crippen LogP contribution in [0.3, 0.4) is 0 Å². The zero-order valence-electron chi connectivity index (χ0n) is 20.8. The van der Waals surface area contributed by atoms with Gasteiger partial charge in [0, 0.05) is 12.0 Å². The SMILES string of the molecule is COc1ccc2nc(Cl)c(O[C@H]3CN(C(=O)OC(C)(C)C)[C@H](C(=O)OC(C)(C)C)[C@@H]3C)nc2c1. The number of esters is 1. The highest BCUT2D eigenvalue weighted by molar-refractivity contribution is 6.31. The van der Waals surface area contributed by atoms with Gasteiger partial charge in [-0.05, 0) is 53.7 Å². The predicted octanol–water partition coefficient (Wildman–Crippen LogP) is 4.64. The molecule has 0 aliphatic carbocycles. The summed E-state index contributed by atoms with van der Waals surface area (Å²) in [5.74, 6) is -0.239. The minimum absolute atomic E-state index is 0.0782. The maximum Gasteiger partial charge on any atom is 0.411 e. The van der Waals surface area contributed by atoms with Gasteiger partial charge >= 0.3 is 12.1 Å². The average molecular weight is 494 g/mol. The molecule has 0 unspecified atom stereocenters. The lowest BCUT2D eigenvalue weighted by atomic mass is 10.0. The first kappa shape index (κ1) is 25.8. The first-order chi connectivity index (χ1) is 15.7. The lowest BCUT2D eigenvalue weighted by Gasteiger charge is -2.30. The first-order valence-corrected chi connectivity index (χ1v) is 11.5. The van der Waals surface area contributed by atoms with Crippen LogP contribution >= 0.6 is 11.6 Å². The van der Waals surface area contributed by atoms with E-state index in [2.05, 4.69) is 9.97 Å². The van der Waals surface area contributed by atoms with Crippen molar-refractivity contribution in [3.05, 3.63) is 23.4 Å². The molecule has 1 amide bonds. The third-order valence-electron chi connectivity index (χ3n) is 5.14. The Balaban J connectivity index is 1.91. The molecule has 34 heavy (non-hydrogen) atoms. The summed E-state index contributed by atoms with van der Waals surface area (Å²) >= 11 is 6.35. The predicted molar refractivity (Wildman–Crippen MR) is 127 cm³/mol. The summed E-state index contributed by atoms with van der Waals surface area (Å²) in [5, 5.41) is 0.0782. The second-order valence-corrected chi connectivity index (χ2v) is 10.7. The second-order valence-electron chi connectivity index (χ2n) is 10.3. The molecule has 3 rings (SSSR count). The van der Waals surface area contributed by atoms with Crippen LogP contribution in [0.2, 0.25) is 5.15 Å². The molecule has 1 aliphatic heterocycles. The molecule has 1 aromatic heterocycles. The Kier molecular flexibility index (Phi) is 7.17. The Morgan fingerprint density at radius 2 is 1.68 bits per heavy atom. The normalized spacial score (nSPS) is 20.9. The highest BCUT2D eigenvalue weighted by atomic mass is 35.5. The monoisotopic (exact) mass is 493 g/mol. The second kappa shape index (κ2) is 9.44. The molecular weight excluding hydrogens is 462 g/mol. The largest absolute Gasteiger partial charge is 0.497 e. The number of likely N-dealkylation sites (tertiary alicyclic amines) is 1. The molecule has 1 aromatic carbocycles. The van der Waals surface area contributed by atoms with Crippen molar-refractivity contribution < 1.29 is 28.5 Å². The van der Waals surface area contributed by atoms with Crippen molar-refractivity contribution in [2.24, 2.45) is 5.92 Å². The summed E-state index contributed by atoms with van der Waals surface area (Å²) in [5.41, 5.74) is -0.331. The molecule has 186 valence electrons. The van der Waals surface area contributed by atoms with Gasteiger partial charge in [0.25, 0.3) is 5.88 Å². The number of fused-ring (bicyclic) bond motifs is 1. The van der Waals surface area contributed by atoms with E-state index in [9.17, 15) is 9.59 Å². The maximum atomic E-state index is 13.1. The van der Waals surface area contributed by atoms with E-state index in [0.29, 0.717) is 16.8 Å². The minimum atomic E-state index is -0.897. The van der Waals surface area contributed by atoms with Gasteiger partial charge in [-0.1, -0.05) is 18.5 Å². The van der Waals surface area contributed by atoms with Crippen LogP contribution < -0.4 is 9.47 Å². The molecule has 3 atom stereocenters. The Hall–Kier alpha value is -2.81. The molecule has 0 radical (unpaired) electrons. The van der Waals surface area contributed by atoms with Crippen LogP contribution in [0.4, 0.5) is 4.79 Å². The standard InChI is InChI=1S/C24H32ClN3O6/c1-13-17(32-20-19(25)26-15-10-9-14(31-8)11-16(15)27-20)12-28(22(30)34-24(5,6)7)18(13)21(29)33-23(2,3)4/h9-11,13,17-18H,12H2,1-8H3/t13-,17+,18+/m1/s1. The number of carbonyl (C=O) groups is 2. The van der Waals surface area contributed by atoms with Crippen molar-refractivity contribution in [1.82, 2.24) is 14.9 Å². The minimum Gasteiger partial charge on any atom is -0.497 e. The number of amides is 1. The van der Waals surface area contributed by atoms with Gasteiger partial charge in [-0.3, -0.25) is 4.90 Å². The number of nitrogens with zero attached hydrogens (tertiary/aromatic N) is 3. The van der Waals surface area contributed by atoms with Gasteiger partial charge in [-0.25, -0.2) is 19.6 Å². The van der Waals surface area contributed by atoms with Crippen LogP contribution in [0.15, 0.2) is 18.2 Å². The number of halogens is 1. The highest BCUT2D eigenvalue weighted by Crippen LogP contribution is 2.34. The molecule has 9 nitrogen and oxygen atoms in total. The van der Waals surface area contributed by atoms with E-state index < -0.39 is 41.3 Å². The van der Waals surface area contributed by atoms with Gasteiger partial charge in [-0.15, -0.1) is 0 Å². The topological polar surface area (TPSA) is 100 Å². The fraction of sp³-hybridized carbons (Fsp3) is 0.583. The van der Waals surface area contributed by atoms with Gasteiger partial charge < -0.3 is 18.9 Å². The number of rotatable bonds is 4. The summed E-state index contributed by atoms with van der Waals surface area (Å²) in [6.45, 7) is 12.5. The van der Waals surface area contributed by atoms with Crippen molar-refractivity contribution in [2.45, 2.75) is 71.8 Å². The zero-order chi connectivity index (χ0) is 25.4. The fourth-order valence-corrected chi connectivity index (χ4v) is 3.84. The summed E-state index contributed by atoms with van der Waals surface area (Å²) < 4.78 is 22.5. The molecular formula is C24H32ClN3O6. The smallest absolute Gasteiger partial charge is 0.411 e. The molecule has 1 saturated heterocycles. The van der Waals surface area contributed by atoms with Gasteiger partial charge in [0.05, 0.1) is 24.7 Å². The number of hydrogen-bond donors (Lipinski definition) is 0. The van der Waals surface area contributed by atoms with Crippen molar-refractivity contribution in [2.75, 3.05) is 13.7 Å². The third-order valence-corrected chi connectivity index (χ3v) is 5.38. The van der Waals surface area contributed by atoms with E-state index in [-0.39, 0.29) is 17.6 Å². The van der Waals surface area contributed by atoms with E-state index in [0.717, 1.165) is 0 Å². The number of carbonyl (C=O) groups excluding carboxylic acids is 2. The van der Waals surface area contributed by atoms with Crippen LogP contribution in [0, 0.1) is 5.92 Å². The Morgan fingerprint density at radius 1 is 1.03 bits per heavy atom. The summed E-state index contributed by atoms with van der Waals surface area (Å²) in [6, 6.07) is 4.33. The quantitative estimate of drug-likeness (QED) is 0.568. The Bertz CT molecular complexity index is 1080. The van der Waals surface area contributed by atoms with Crippen molar-refractivity contribution in [1.29, 1.82) is 0 Å². The maximum absolute atomic E-state index is 13.1. The first-order valence-electron chi connectivity index (χ1n) is 11.1. The lowest BCUT2D eigenvalue weighted by Crippen LogP contribution is -2.47. The number of ether oxygens (including phenoxy) is 4. The number of benzene rings is 1. The zero-order valence-corrected chi connectivity index (χ0v) is 21.6. The number of aromatic nitrogens is 2. The Morgan fingerprint density at radius 3 is 2.26 bits per heavy atom. The number of methoxy groups -OCH3 is 1. The molecule has 2 heterocycles. The van der Waals surface area contributed by atoms with E-state index in [4.69, 9.17) is 30.5 Å². The fourth-order valence-electron chi connectivity index (χ4n) is 3.66. The molecule has 0 saturated carbocycles. The van der Waals surface area contributed by atoms with Crippen molar-refractivity contribution >= 4 is 34.7 Å². The van der Waals surface area contributed by atoms with Gasteiger partial charge in [0.1, 0.15) is 29.1 Å². The number of hydrogen-bond acceptors (Lipinski definition) is 8. The van der Waals surface area contributed by atoms with E-state index >= 15 is 0 Å². The van der Waals surface area contributed by atoms with Crippen LogP contribution in [-0.2, 0) is 14.3 Å². The van der Waals surface area contributed by atoms with Gasteiger partial charge in [-0.2, -0.15) is 0 Å². The molecule has 2 aromatic rings. The molecule has 0 bridgehead atoms. The van der Waals surface area contributed by atoms with E-state index in [1.165, 1.54) is 4.90 Å². The van der Waals surface area contributed by atoms with E-state index in [1.54, 1.807) is 66.9 Å². The van der Waals surface area contributed by atoms with E-state index in [1.807, 2.05) is 6.92 Å². The summed E-state index contributed by atoms with van der Waals surface area (Å²) in [7, 11) is 1.56. The van der Waals surface area contributed by atoms with Crippen LogP contribution in [-0.4, -0.2) is 63.9 Å². The molecule has 0 N–H and O–H groups in total. The van der Waals surface area contributed by atoms with Gasteiger partial charge in [0.2, 0.25) is 0 Å². The molecule has 0 spiro atoms. The van der Waals surface area contributed by atoms with Crippen LogP contribution in [0.1, 0.15) is 48.5 Å². The highest BCUT2D eigenvalue weighted by Gasteiger charge is 2.50. The summed E-state index contributed by atoms with van der Waals surface area (Å²) in [4.78, 5) is 36.2. The van der Waals surface area contributed by atoms with Crippen LogP contribution in [0.5, 0.6) is 11.6 Å². The lowest BCUT2D eigenvalue weighted by molar-refractivity contribution is -0.161. The van der Waals surface area contributed by atoms with Crippen molar-refractivity contribution in [3.8, 4) is 11.6 Å². The average Bonchev–Trinajstić information content (AvgIpc) is 3.02. The molecule has 1 aliphatic rings. The van der Waals surface area contributed by atoms with Gasteiger partial charge in [0.15, 0.2) is 5.15 Å². The van der Waals surface area contributed by atoms with Crippen molar-refractivity contribution in [3.63, 3.8) is 0 Å². The molecule has 10 heteroatoms. The summed E-state index contributed by atoms with van der Waals surface area (Å²) in [6.07, 6.45) is -1.22. The van der Waals surface area contributed by atoms with Crippen LogP contribution in [0.25, 0.3) is 11.0 Å².